The highest BCUT2D eigenvalue weighted by Gasteiger charge is 2.10. The molecule has 0 fully saturated rings. The number of benzene rings is 1. The van der Waals surface area contributed by atoms with Gasteiger partial charge in [0.1, 0.15) is 5.82 Å². The summed E-state index contributed by atoms with van der Waals surface area (Å²) in [6, 6.07) is 12.8. The summed E-state index contributed by atoms with van der Waals surface area (Å²) in [5.74, 6) is 1.85. The Hall–Kier alpha value is -1.54. The number of pyridine rings is 1. The predicted molar refractivity (Wildman–Crippen MR) is 91.8 cm³/mol. The monoisotopic (exact) mass is 302 g/mol. The highest BCUT2D eigenvalue weighted by atomic mass is 35.5. The lowest BCUT2D eigenvalue weighted by Gasteiger charge is -2.21. The van der Waals surface area contributed by atoms with Crippen molar-refractivity contribution in [3.63, 3.8) is 0 Å². The summed E-state index contributed by atoms with van der Waals surface area (Å²) in [5, 5.41) is 0. The smallest absolute Gasteiger partial charge is 0.133 e. The van der Waals surface area contributed by atoms with Crippen molar-refractivity contribution in [2.75, 3.05) is 11.9 Å². The van der Waals surface area contributed by atoms with E-state index in [9.17, 15) is 0 Å². The second kappa shape index (κ2) is 6.95. The number of nitrogens with zero attached hydrogens (tertiary/aromatic N) is 2. The first kappa shape index (κ1) is 15.8. The van der Waals surface area contributed by atoms with Crippen LogP contribution < -0.4 is 4.90 Å². The van der Waals surface area contributed by atoms with Crippen LogP contribution in [0.5, 0.6) is 0 Å². The number of halogens is 1. The molecule has 0 saturated heterocycles. The Kier molecular flexibility index (Phi) is 5.24. The number of alkyl halides is 1. The Labute approximate surface area is 132 Å². The third-order valence-corrected chi connectivity index (χ3v) is 4.02. The Bertz CT molecular complexity index is 591. The van der Waals surface area contributed by atoms with E-state index in [4.69, 9.17) is 16.6 Å². The molecular formula is C18H23ClN2. The van der Waals surface area contributed by atoms with Crippen LogP contribution in [0, 0.1) is 0 Å². The van der Waals surface area contributed by atoms with Gasteiger partial charge in [-0.25, -0.2) is 4.98 Å². The Morgan fingerprint density at radius 1 is 1.10 bits per heavy atom. The molecule has 0 radical (unpaired) electrons. The zero-order chi connectivity index (χ0) is 15.4. The maximum Gasteiger partial charge on any atom is 0.133 e. The molecule has 21 heavy (non-hydrogen) atoms. The maximum absolute atomic E-state index is 6.02. The van der Waals surface area contributed by atoms with Crippen LogP contribution in [0.4, 0.5) is 11.5 Å². The van der Waals surface area contributed by atoms with Crippen LogP contribution in [-0.4, -0.2) is 12.0 Å². The van der Waals surface area contributed by atoms with Crippen LogP contribution in [0.25, 0.3) is 0 Å². The molecule has 0 N–H and O–H groups in total. The second-order valence-electron chi connectivity index (χ2n) is 5.63. The van der Waals surface area contributed by atoms with Crippen LogP contribution >= 0.6 is 11.6 Å². The maximum atomic E-state index is 6.02. The van der Waals surface area contributed by atoms with Crippen molar-refractivity contribution in [3.8, 4) is 0 Å². The van der Waals surface area contributed by atoms with Gasteiger partial charge in [0, 0.05) is 24.3 Å². The number of hydrogen-bond acceptors (Lipinski definition) is 2. The van der Waals surface area contributed by atoms with E-state index < -0.39 is 0 Å². The van der Waals surface area contributed by atoms with E-state index in [1.54, 1.807) is 0 Å². The van der Waals surface area contributed by atoms with E-state index in [1.165, 1.54) is 5.56 Å². The van der Waals surface area contributed by atoms with E-state index in [0.717, 1.165) is 29.2 Å². The van der Waals surface area contributed by atoms with Crippen molar-refractivity contribution in [1.29, 1.82) is 0 Å². The molecule has 1 aromatic heterocycles. The summed E-state index contributed by atoms with van der Waals surface area (Å²) in [6.07, 6.45) is 1.06. The molecule has 0 bridgehead atoms. The lowest BCUT2D eigenvalue weighted by Crippen LogP contribution is -2.13. The van der Waals surface area contributed by atoms with E-state index in [-0.39, 0.29) is 0 Å². The number of aromatic nitrogens is 1. The van der Waals surface area contributed by atoms with Crippen molar-refractivity contribution < 1.29 is 0 Å². The van der Waals surface area contributed by atoms with Gasteiger partial charge in [-0.1, -0.05) is 32.9 Å². The Morgan fingerprint density at radius 2 is 1.76 bits per heavy atom. The molecule has 112 valence electrons. The predicted octanol–water partition coefficient (Wildman–Crippen LogP) is 5.27. The highest BCUT2D eigenvalue weighted by Crippen LogP contribution is 2.26. The van der Waals surface area contributed by atoms with Gasteiger partial charge < -0.3 is 4.90 Å². The summed E-state index contributed by atoms with van der Waals surface area (Å²) >= 11 is 6.02. The van der Waals surface area contributed by atoms with Crippen LogP contribution in [-0.2, 0) is 12.3 Å². The third-order valence-electron chi connectivity index (χ3n) is 3.71. The van der Waals surface area contributed by atoms with Gasteiger partial charge >= 0.3 is 0 Å². The summed E-state index contributed by atoms with van der Waals surface area (Å²) in [7, 11) is 2.05. The SMILES string of the molecule is CCc1ccc(N(C)c2cc(CCl)cc(C(C)C)n2)cc1. The van der Waals surface area contributed by atoms with Gasteiger partial charge in [-0.05, 0) is 47.7 Å². The summed E-state index contributed by atoms with van der Waals surface area (Å²) in [6.45, 7) is 6.47. The molecule has 0 amide bonds. The molecule has 0 aliphatic heterocycles. The molecule has 2 aromatic rings. The lowest BCUT2D eigenvalue weighted by molar-refractivity contribution is 0.817. The number of aryl methyl sites for hydroxylation is 1. The van der Waals surface area contributed by atoms with Crippen molar-refractivity contribution >= 4 is 23.1 Å². The molecule has 0 atom stereocenters. The standard InChI is InChI=1S/C18H23ClN2/c1-5-14-6-8-16(9-7-14)21(4)18-11-15(12-19)10-17(20-18)13(2)3/h6-11,13H,5,12H2,1-4H3. The van der Waals surface area contributed by atoms with Crippen LogP contribution in [0.15, 0.2) is 36.4 Å². The third kappa shape index (κ3) is 3.76. The fraction of sp³-hybridized carbons (Fsp3) is 0.389. The first-order valence-corrected chi connectivity index (χ1v) is 7.98. The largest absolute Gasteiger partial charge is 0.329 e. The molecule has 0 saturated carbocycles. The van der Waals surface area contributed by atoms with Gasteiger partial charge in [0.15, 0.2) is 0 Å². The summed E-state index contributed by atoms with van der Waals surface area (Å²) in [5.41, 5.74) is 4.68. The van der Waals surface area contributed by atoms with Gasteiger partial charge in [0.2, 0.25) is 0 Å². The zero-order valence-electron chi connectivity index (χ0n) is 13.2. The van der Waals surface area contributed by atoms with Gasteiger partial charge in [-0.15, -0.1) is 11.6 Å². The Balaban J connectivity index is 2.36. The van der Waals surface area contributed by atoms with E-state index in [1.807, 2.05) is 7.05 Å². The lowest BCUT2D eigenvalue weighted by atomic mass is 10.1. The molecule has 0 aliphatic rings. The minimum Gasteiger partial charge on any atom is -0.329 e. The first-order chi connectivity index (χ1) is 10.0. The molecule has 2 nitrogen and oxygen atoms in total. The van der Waals surface area contributed by atoms with Crippen LogP contribution in [0.3, 0.4) is 0 Å². The molecule has 0 aliphatic carbocycles. The zero-order valence-corrected chi connectivity index (χ0v) is 14.0. The first-order valence-electron chi connectivity index (χ1n) is 7.44. The summed E-state index contributed by atoms with van der Waals surface area (Å²) < 4.78 is 0. The quantitative estimate of drug-likeness (QED) is 0.699. The Morgan fingerprint density at radius 3 is 2.29 bits per heavy atom. The molecule has 0 spiro atoms. The van der Waals surface area contributed by atoms with Gasteiger partial charge in [0.05, 0.1) is 0 Å². The van der Waals surface area contributed by atoms with Crippen molar-refractivity contribution in [2.24, 2.45) is 0 Å². The second-order valence-corrected chi connectivity index (χ2v) is 5.89. The number of anilines is 2. The molecular weight excluding hydrogens is 280 g/mol. The highest BCUT2D eigenvalue weighted by molar-refractivity contribution is 6.17. The molecule has 3 heteroatoms. The minimum atomic E-state index is 0.391. The number of rotatable bonds is 5. The van der Waals surface area contributed by atoms with E-state index >= 15 is 0 Å². The van der Waals surface area contributed by atoms with Crippen molar-refractivity contribution in [2.45, 2.75) is 39.0 Å². The van der Waals surface area contributed by atoms with Gasteiger partial charge in [0.25, 0.3) is 0 Å². The average molecular weight is 303 g/mol. The fourth-order valence-electron chi connectivity index (χ4n) is 2.23. The van der Waals surface area contributed by atoms with E-state index in [2.05, 4.69) is 62.1 Å². The molecule has 2 rings (SSSR count). The fourth-order valence-corrected chi connectivity index (χ4v) is 2.38. The average Bonchev–Trinajstić information content (AvgIpc) is 2.53. The topological polar surface area (TPSA) is 16.1 Å². The molecule has 1 aromatic carbocycles. The normalized spacial score (nSPS) is 11.0. The van der Waals surface area contributed by atoms with E-state index in [0.29, 0.717) is 11.8 Å². The molecule has 1 heterocycles. The van der Waals surface area contributed by atoms with Gasteiger partial charge in [-0.2, -0.15) is 0 Å². The van der Waals surface area contributed by atoms with Crippen molar-refractivity contribution in [1.82, 2.24) is 4.98 Å². The van der Waals surface area contributed by atoms with Crippen LogP contribution in [0.1, 0.15) is 43.5 Å². The molecule has 0 unspecified atom stereocenters. The summed E-state index contributed by atoms with van der Waals surface area (Å²) in [4.78, 5) is 6.88. The van der Waals surface area contributed by atoms with Crippen molar-refractivity contribution in [3.05, 3.63) is 53.2 Å². The van der Waals surface area contributed by atoms with Crippen LogP contribution in [0.2, 0.25) is 0 Å². The number of hydrogen-bond donors (Lipinski definition) is 0. The minimum absolute atomic E-state index is 0.391. The van der Waals surface area contributed by atoms with Gasteiger partial charge in [-0.3, -0.25) is 0 Å².